The van der Waals surface area contributed by atoms with Gasteiger partial charge in [-0.2, -0.15) is 0 Å². The van der Waals surface area contributed by atoms with Crippen LogP contribution in [0.4, 0.5) is 9.18 Å². The molecule has 1 spiro atoms. The molecule has 4 amide bonds. The summed E-state index contributed by atoms with van der Waals surface area (Å²) in [5.41, 5.74) is -0.606. The van der Waals surface area contributed by atoms with Crippen LogP contribution in [-0.4, -0.2) is 82.7 Å². The van der Waals surface area contributed by atoms with Gasteiger partial charge in [-0.15, -0.1) is 0 Å². The molecule has 4 fully saturated rings. The van der Waals surface area contributed by atoms with Crippen LogP contribution >= 0.6 is 0 Å². The number of amides is 4. The Morgan fingerprint density at radius 3 is 2.58 bits per heavy atom. The summed E-state index contributed by atoms with van der Waals surface area (Å²) in [6, 6.07) is 2.36. The molecule has 6 aliphatic rings. The molecule has 15 heteroatoms. The van der Waals surface area contributed by atoms with Crippen LogP contribution < -0.4 is 20.1 Å². The van der Waals surface area contributed by atoms with Crippen molar-refractivity contribution in [1.82, 2.24) is 25.2 Å². The lowest BCUT2D eigenvalue weighted by Gasteiger charge is -2.36. The van der Waals surface area contributed by atoms with E-state index in [0.29, 0.717) is 61.9 Å². The Hall–Kier alpha value is -4.27. The molecule has 1 saturated heterocycles. The number of rotatable bonds is 5. The SMILES string of the molecule is Cc1nc2cc(F)ccc2c2c1O[C@]1(CC2)C[C@H]2C(=O)N[C@]3(C(=O)NS(=O)(=O)C4(C)CC4)C[C@H]3/C=C\CCCCC[C@H](NC(=O)OC3CCCC3)C(=O)N2C1. The number of nitrogens with zero attached hydrogens (tertiary/aromatic N) is 2. The number of allylic oxidation sites excluding steroid dienone is 1. The first-order chi connectivity index (χ1) is 26.2. The molecule has 1 aromatic heterocycles. The van der Waals surface area contributed by atoms with Gasteiger partial charge in [-0.25, -0.2) is 22.6 Å². The highest BCUT2D eigenvalue weighted by Crippen LogP contribution is 2.49. The number of hydrogen-bond acceptors (Lipinski definition) is 9. The van der Waals surface area contributed by atoms with Crippen molar-refractivity contribution < 1.29 is 41.5 Å². The molecule has 13 nitrogen and oxygen atoms in total. The normalized spacial score (nSPS) is 31.2. The summed E-state index contributed by atoms with van der Waals surface area (Å²) in [6.07, 6.45) is 11.8. The Kier molecular flexibility index (Phi) is 9.61. The zero-order valence-corrected chi connectivity index (χ0v) is 32.3. The van der Waals surface area contributed by atoms with Gasteiger partial charge in [-0.05, 0) is 103 Å². The van der Waals surface area contributed by atoms with Crippen LogP contribution in [0.2, 0.25) is 0 Å². The van der Waals surface area contributed by atoms with E-state index >= 15 is 0 Å². The van der Waals surface area contributed by atoms with E-state index in [-0.39, 0.29) is 25.5 Å². The summed E-state index contributed by atoms with van der Waals surface area (Å²) in [5, 5.41) is 6.53. The van der Waals surface area contributed by atoms with Crippen molar-refractivity contribution in [3.05, 3.63) is 47.4 Å². The molecule has 0 radical (unpaired) electrons. The predicted octanol–water partition coefficient (Wildman–Crippen LogP) is 4.78. The number of aromatic nitrogens is 1. The van der Waals surface area contributed by atoms with Crippen molar-refractivity contribution in [3.8, 4) is 5.75 Å². The standard InChI is InChI=1S/C40H50FN5O8S/c1-24-33-29(28-15-14-26(41)20-31(28)42-24)16-17-39(54-33)22-32-34(47)44-40(36(49)45-55(51,52)38(2)18-19-38)21-25(40)10-6-4-3-5-7-13-30(35(48)46(32)23-39)43-37(50)53-27-11-8-9-12-27/h6,10,14-15,20,25,27,30,32H,3-5,7-9,11-13,16-19,21-23H2,1-2H3,(H,43,50)(H,44,47)(H,45,49)/b10-6-/t25-,30+,32+,39-,40-/m1/s1. The minimum Gasteiger partial charge on any atom is -0.483 e. The van der Waals surface area contributed by atoms with E-state index in [1.54, 1.807) is 19.9 Å². The molecule has 5 atom stereocenters. The van der Waals surface area contributed by atoms with Gasteiger partial charge in [0, 0.05) is 29.4 Å². The van der Waals surface area contributed by atoms with Crippen molar-refractivity contribution in [3.63, 3.8) is 0 Å². The Morgan fingerprint density at radius 2 is 1.82 bits per heavy atom. The maximum absolute atomic E-state index is 14.7. The first kappa shape index (κ1) is 37.6. The first-order valence-corrected chi connectivity index (χ1v) is 21.3. The van der Waals surface area contributed by atoms with E-state index in [4.69, 9.17) is 9.47 Å². The fourth-order valence-corrected chi connectivity index (χ4v) is 10.3. The number of benzene rings is 1. The van der Waals surface area contributed by atoms with Crippen LogP contribution in [0, 0.1) is 18.7 Å². The Balaban J connectivity index is 1.12. The van der Waals surface area contributed by atoms with E-state index in [9.17, 15) is 32.0 Å². The number of alkyl carbamates (subject to hydrolysis) is 1. The maximum atomic E-state index is 14.7. The number of ether oxygens (including phenoxy) is 2. The summed E-state index contributed by atoms with van der Waals surface area (Å²) < 4.78 is 54.3. The Labute approximate surface area is 320 Å². The highest BCUT2D eigenvalue weighted by Gasteiger charge is 2.64. The predicted molar refractivity (Wildman–Crippen MR) is 200 cm³/mol. The second kappa shape index (κ2) is 14.0. The van der Waals surface area contributed by atoms with E-state index in [1.165, 1.54) is 17.0 Å². The number of aryl methyl sites for hydroxylation is 2. The third-order valence-electron chi connectivity index (χ3n) is 12.8. The molecule has 1 aromatic carbocycles. The smallest absolute Gasteiger partial charge is 0.408 e. The fraction of sp³-hybridized carbons (Fsp3) is 0.625. The van der Waals surface area contributed by atoms with Crippen molar-refractivity contribution >= 4 is 44.7 Å². The van der Waals surface area contributed by atoms with Gasteiger partial charge in [0.2, 0.25) is 21.8 Å². The minimum absolute atomic E-state index is 0.0232. The molecule has 0 unspecified atom stereocenters. The van der Waals surface area contributed by atoms with E-state index < -0.39 is 73.5 Å². The molecule has 296 valence electrons. The minimum atomic E-state index is -4.00. The number of fused-ring (bicyclic) bond motifs is 5. The molecule has 3 saturated carbocycles. The van der Waals surface area contributed by atoms with Gasteiger partial charge in [0.15, 0.2) is 0 Å². The quantitative estimate of drug-likeness (QED) is 0.361. The van der Waals surface area contributed by atoms with Crippen molar-refractivity contribution in [2.24, 2.45) is 5.92 Å². The second-order valence-corrected chi connectivity index (χ2v) is 19.1. The third kappa shape index (κ3) is 7.17. The lowest BCUT2D eigenvalue weighted by atomic mass is 9.87. The summed E-state index contributed by atoms with van der Waals surface area (Å²) in [6.45, 7) is 3.40. The molecule has 3 aliphatic carbocycles. The maximum Gasteiger partial charge on any atom is 0.408 e. The van der Waals surface area contributed by atoms with Gasteiger partial charge in [0.25, 0.3) is 5.91 Å². The number of hydrogen-bond donors (Lipinski definition) is 3. The van der Waals surface area contributed by atoms with Crippen LogP contribution in [0.1, 0.15) is 108 Å². The second-order valence-electron chi connectivity index (χ2n) is 16.9. The summed E-state index contributed by atoms with van der Waals surface area (Å²) in [5.74, 6) is -2.16. The van der Waals surface area contributed by atoms with Gasteiger partial charge < -0.3 is 25.0 Å². The molecule has 55 heavy (non-hydrogen) atoms. The van der Waals surface area contributed by atoms with Gasteiger partial charge in [-0.1, -0.05) is 25.0 Å². The topological polar surface area (TPSA) is 173 Å². The van der Waals surface area contributed by atoms with Crippen molar-refractivity contribution in [1.29, 1.82) is 0 Å². The molecule has 3 N–H and O–H groups in total. The van der Waals surface area contributed by atoms with Crippen LogP contribution in [0.3, 0.4) is 0 Å². The largest absolute Gasteiger partial charge is 0.483 e. The number of halogens is 1. The van der Waals surface area contributed by atoms with Crippen LogP contribution in [0.15, 0.2) is 30.4 Å². The third-order valence-corrected chi connectivity index (χ3v) is 15.0. The monoisotopic (exact) mass is 779 g/mol. The first-order valence-electron chi connectivity index (χ1n) is 19.8. The number of carbonyl (C=O) groups excluding carboxylic acids is 4. The average Bonchev–Trinajstić information content (AvgIpc) is 3.93. The highest BCUT2D eigenvalue weighted by atomic mass is 32.2. The van der Waals surface area contributed by atoms with E-state index in [2.05, 4.69) is 20.3 Å². The van der Waals surface area contributed by atoms with Crippen LogP contribution in [-0.2, 0) is 35.6 Å². The lowest BCUT2D eigenvalue weighted by Crippen LogP contribution is -2.58. The number of carbonyl (C=O) groups is 4. The summed E-state index contributed by atoms with van der Waals surface area (Å²) in [7, 11) is -4.00. The zero-order chi connectivity index (χ0) is 38.8. The van der Waals surface area contributed by atoms with Crippen molar-refractivity contribution in [2.45, 2.75) is 144 Å². The summed E-state index contributed by atoms with van der Waals surface area (Å²) in [4.78, 5) is 62.6. The highest BCUT2D eigenvalue weighted by molar-refractivity contribution is 7.91. The van der Waals surface area contributed by atoms with Gasteiger partial charge in [0.1, 0.15) is 40.9 Å². The average molecular weight is 780 g/mol. The molecule has 4 heterocycles. The number of sulfonamides is 1. The number of pyridine rings is 1. The lowest BCUT2D eigenvalue weighted by molar-refractivity contribution is -0.141. The van der Waals surface area contributed by atoms with Crippen LogP contribution in [0.25, 0.3) is 10.9 Å². The molecule has 3 aliphatic heterocycles. The van der Waals surface area contributed by atoms with Gasteiger partial charge >= 0.3 is 6.09 Å². The molecule has 2 aromatic rings. The number of nitrogens with one attached hydrogen (secondary N) is 3. The zero-order valence-electron chi connectivity index (χ0n) is 31.5. The molecular weight excluding hydrogens is 730 g/mol. The van der Waals surface area contributed by atoms with Gasteiger partial charge in [0.05, 0.1) is 22.5 Å². The molecule has 0 bridgehead atoms. The Morgan fingerprint density at radius 1 is 1.05 bits per heavy atom. The molecule has 8 rings (SSSR count). The Bertz CT molecular complexity index is 2070. The molecular formula is C40H50FN5O8S. The van der Waals surface area contributed by atoms with E-state index in [0.717, 1.165) is 49.5 Å². The summed E-state index contributed by atoms with van der Waals surface area (Å²) >= 11 is 0. The van der Waals surface area contributed by atoms with Crippen molar-refractivity contribution in [2.75, 3.05) is 6.54 Å². The van der Waals surface area contributed by atoms with E-state index in [1.807, 2.05) is 12.2 Å². The fourth-order valence-electron chi connectivity index (χ4n) is 9.00. The van der Waals surface area contributed by atoms with Gasteiger partial charge in [-0.3, -0.25) is 19.1 Å². The van der Waals surface area contributed by atoms with Crippen LogP contribution in [0.5, 0.6) is 5.75 Å².